The Labute approximate surface area is 124 Å². The number of rotatable bonds is 4. The lowest BCUT2D eigenvalue weighted by molar-refractivity contribution is -0.384. The predicted octanol–water partition coefficient (Wildman–Crippen LogP) is 3.16. The van der Waals surface area contributed by atoms with Gasteiger partial charge in [0.2, 0.25) is 0 Å². The molecular weight excluding hydrogens is 325 g/mol. The summed E-state index contributed by atoms with van der Waals surface area (Å²) in [7, 11) is -4.22. The van der Waals surface area contributed by atoms with Crippen LogP contribution in [0.5, 0.6) is 5.75 Å². The first-order valence-corrected chi connectivity index (χ1v) is 7.22. The van der Waals surface area contributed by atoms with Crippen LogP contribution >= 0.6 is 11.6 Å². The Morgan fingerprint density at radius 3 is 2.29 bits per heavy atom. The molecule has 0 fully saturated rings. The minimum atomic E-state index is -4.22. The molecule has 110 valence electrons. The molecule has 2 aromatic rings. The van der Waals surface area contributed by atoms with E-state index in [4.69, 9.17) is 15.8 Å². The van der Waals surface area contributed by atoms with Crippen LogP contribution in [-0.2, 0) is 10.1 Å². The molecule has 0 saturated carbocycles. The van der Waals surface area contributed by atoms with Crippen molar-refractivity contribution in [3.8, 4) is 5.75 Å². The summed E-state index contributed by atoms with van der Waals surface area (Å²) in [6.45, 7) is 0. The fourth-order valence-corrected chi connectivity index (χ4v) is 2.64. The average Bonchev–Trinajstić information content (AvgIpc) is 2.42. The van der Waals surface area contributed by atoms with E-state index in [1.807, 2.05) is 0 Å². The monoisotopic (exact) mass is 331 g/mol. The van der Waals surface area contributed by atoms with Crippen molar-refractivity contribution < 1.29 is 21.9 Å². The second-order valence-corrected chi connectivity index (χ2v) is 5.82. The highest BCUT2D eigenvalue weighted by Crippen LogP contribution is 2.28. The lowest BCUT2D eigenvalue weighted by Crippen LogP contribution is -2.10. The quantitative estimate of drug-likeness (QED) is 0.488. The molecule has 0 radical (unpaired) electrons. The van der Waals surface area contributed by atoms with E-state index in [9.17, 15) is 22.9 Å². The van der Waals surface area contributed by atoms with Gasteiger partial charge < -0.3 is 4.18 Å². The summed E-state index contributed by atoms with van der Waals surface area (Å²) in [5, 5.41) is 10.3. The topological polar surface area (TPSA) is 86.5 Å². The first kappa shape index (κ1) is 15.2. The molecule has 21 heavy (non-hydrogen) atoms. The van der Waals surface area contributed by atoms with Gasteiger partial charge in [-0.2, -0.15) is 8.42 Å². The first-order valence-electron chi connectivity index (χ1n) is 5.43. The van der Waals surface area contributed by atoms with Crippen molar-refractivity contribution in [1.29, 1.82) is 0 Å². The largest absolute Gasteiger partial charge is 0.377 e. The summed E-state index contributed by atoms with van der Waals surface area (Å²) in [6, 6.07) is 7.09. The molecule has 0 saturated heterocycles. The normalized spacial score (nSPS) is 11.1. The summed E-state index contributed by atoms with van der Waals surface area (Å²) in [5.41, 5.74) is -0.256. The molecule has 0 spiro atoms. The van der Waals surface area contributed by atoms with E-state index in [0.29, 0.717) is 0 Å². The smallest absolute Gasteiger partial charge is 0.339 e. The third-order valence-corrected chi connectivity index (χ3v) is 3.97. The van der Waals surface area contributed by atoms with Crippen molar-refractivity contribution in [1.82, 2.24) is 0 Å². The number of benzene rings is 2. The summed E-state index contributed by atoms with van der Waals surface area (Å²) in [6.07, 6.45) is 0. The number of hydrogen-bond donors (Lipinski definition) is 0. The van der Waals surface area contributed by atoms with Gasteiger partial charge in [0.05, 0.1) is 9.95 Å². The molecule has 2 aromatic carbocycles. The zero-order valence-electron chi connectivity index (χ0n) is 10.2. The van der Waals surface area contributed by atoms with Gasteiger partial charge in [-0.25, -0.2) is 4.39 Å². The Bertz CT molecular complexity index is 792. The van der Waals surface area contributed by atoms with Gasteiger partial charge in [0.1, 0.15) is 10.7 Å². The minimum Gasteiger partial charge on any atom is -0.377 e. The molecule has 0 aliphatic carbocycles. The van der Waals surface area contributed by atoms with Crippen molar-refractivity contribution >= 4 is 27.4 Å². The van der Waals surface area contributed by atoms with Gasteiger partial charge in [-0.3, -0.25) is 10.1 Å². The van der Waals surface area contributed by atoms with Gasteiger partial charge in [0, 0.05) is 12.1 Å². The van der Waals surface area contributed by atoms with Gasteiger partial charge in [-0.15, -0.1) is 0 Å². The van der Waals surface area contributed by atoms with Crippen molar-refractivity contribution in [2.24, 2.45) is 0 Å². The Kier molecular flexibility index (Phi) is 4.10. The summed E-state index contributed by atoms with van der Waals surface area (Å²) in [5.74, 6) is -0.878. The van der Waals surface area contributed by atoms with Crippen LogP contribution in [0.25, 0.3) is 0 Å². The number of hydrogen-bond acceptors (Lipinski definition) is 5. The molecule has 0 heterocycles. The van der Waals surface area contributed by atoms with E-state index in [0.717, 1.165) is 42.5 Å². The van der Waals surface area contributed by atoms with E-state index in [2.05, 4.69) is 0 Å². The highest BCUT2D eigenvalue weighted by Gasteiger charge is 2.19. The van der Waals surface area contributed by atoms with Crippen LogP contribution in [0.15, 0.2) is 47.4 Å². The molecule has 2 rings (SSSR count). The van der Waals surface area contributed by atoms with Crippen LogP contribution in [0, 0.1) is 15.9 Å². The average molecular weight is 332 g/mol. The summed E-state index contributed by atoms with van der Waals surface area (Å²) >= 11 is 5.67. The summed E-state index contributed by atoms with van der Waals surface area (Å²) in [4.78, 5) is 9.56. The first-order chi connectivity index (χ1) is 9.79. The standard InChI is InChI=1S/C12H7ClFNO5S/c13-11-7-8(14)1-6-12(11)20-21(18,19)10-4-2-9(3-5-10)15(16)17/h1-7H. The molecule has 0 amide bonds. The van der Waals surface area contributed by atoms with Crippen LogP contribution < -0.4 is 4.18 Å². The van der Waals surface area contributed by atoms with E-state index in [1.54, 1.807) is 0 Å². The molecule has 0 aromatic heterocycles. The molecule has 9 heteroatoms. The molecule has 0 bridgehead atoms. The molecule has 0 atom stereocenters. The van der Waals surface area contributed by atoms with Crippen LogP contribution in [-0.4, -0.2) is 13.3 Å². The van der Waals surface area contributed by atoms with Crippen molar-refractivity contribution in [2.75, 3.05) is 0 Å². The Balaban J connectivity index is 2.31. The van der Waals surface area contributed by atoms with Gasteiger partial charge in [0.25, 0.3) is 5.69 Å². The Morgan fingerprint density at radius 2 is 1.76 bits per heavy atom. The Hall–Kier alpha value is -2.19. The van der Waals surface area contributed by atoms with Crippen LogP contribution in [0.1, 0.15) is 0 Å². The maximum atomic E-state index is 12.9. The van der Waals surface area contributed by atoms with Crippen molar-refractivity contribution in [2.45, 2.75) is 4.90 Å². The van der Waals surface area contributed by atoms with Crippen molar-refractivity contribution in [3.63, 3.8) is 0 Å². The van der Waals surface area contributed by atoms with Gasteiger partial charge in [0.15, 0.2) is 5.75 Å². The van der Waals surface area contributed by atoms with E-state index >= 15 is 0 Å². The maximum Gasteiger partial charge on any atom is 0.339 e. The summed E-state index contributed by atoms with van der Waals surface area (Å²) < 4.78 is 41.6. The third-order valence-electron chi connectivity index (χ3n) is 2.43. The van der Waals surface area contributed by atoms with E-state index in [1.165, 1.54) is 0 Å². The zero-order valence-corrected chi connectivity index (χ0v) is 11.8. The number of non-ortho nitro benzene ring substituents is 1. The maximum absolute atomic E-state index is 12.9. The number of nitro groups is 1. The second-order valence-electron chi connectivity index (χ2n) is 3.86. The second kappa shape index (κ2) is 5.66. The van der Waals surface area contributed by atoms with Gasteiger partial charge in [-0.05, 0) is 30.3 Å². The van der Waals surface area contributed by atoms with E-state index < -0.39 is 20.9 Å². The number of nitro benzene ring substituents is 1. The predicted molar refractivity (Wildman–Crippen MR) is 72.3 cm³/mol. The highest BCUT2D eigenvalue weighted by atomic mass is 35.5. The third kappa shape index (κ3) is 3.47. The highest BCUT2D eigenvalue weighted by molar-refractivity contribution is 7.87. The zero-order chi connectivity index (χ0) is 15.6. The SMILES string of the molecule is O=[N+]([O-])c1ccc(S(=O)(=O)Oc2ccc(F)cc2Cl)cc1. The van der Waals surface area contributed by atoms with Gasteiger partial charge in [-0.1, -0.05) is 11.6 Å². The lowest BCUT2D eigenvalue weighted by Gasteiger charge is -2.08. The van der Waals surface area contributed by atoms with Crippen LogP contribution in [0.4, 0.5) is 10.1 Å². The van der Waals surface area contributed by atoms with Crippen LogP contribution in [0.3, 0.4) is 0 Å². The lowest BCUT2D eigenvalue weighted by atomic mass is 10.3. The molecule has 0 N–H and O–H groups in total. The minimum absolute atomic E-state index is 0.208. The fraction of sp³-hybridized carbons (Fsp3) is 0. The molecule has 0 aliphatic heterocycles. The molecular formula is C12H7ClFNO5S. The Morgan fingerprint density at radius 1 is 1.14 bits per heavy atom. The van der Waals surface area contributed by atoms with Crippen molar-refractivity contribution in [3.05, 3.63) is 63.4 Å². The number of nitrogens with zero attached hydrogens (tertiary/aromatic N) is 1. The van der Waals surface area contributed by atoms with Crippen LogP contribution in [0.2, 0.25) is 5.02 Å². The molecule has 0 aliphatic rings. The number of halogens is 2. The fourth-order valence-electron chi connectivity index (χ4n) is 1.44. The van der Waals surface area contributed by atoms with Gasteiger partial charge >= 0.3 is 10.1 Å². The molecule has 6 nitrogen and oxygen atoms in total. The molecule has 0 unspecified atom stereocenters. The van der Waals surface area contributed by atoms with E-state index in [-0.39, 0.29) is 21.4 Å².